The summed E-state index contributed by atoms with van der Waals surface area (Å²) in [7, 11) is 0. The van der Waals surface area contributed by atoms with Gasteiger partial charge in [0.05, 0.1) is 29.2 Å². The smallest absolute Gasteiger partial charge is 0.251 e. The molecule has 6 rings (SSSR count). The highest BCUT2D eigenvalue weighted by Crippen LogP contribution is 2.69. The summed E-state index contributed by atoms with van der Waals surface area (Å²) in [5.74, 6) is -1.91. The molecule has 7 nitrogen and oxygen atoms in total. The van der Waals surface area contributed by atoms with Crippen molar-refractivity contribution in [3.63, 3.8) is 0 Å². The fourth-order valence-corrected chi connectivity index (χ4v) is 11.0. The van der Waals surface area contributed by atoms with Crippen LogP contribution in [0.3, 0.4) is 0 Å². The maximum Gasteiger partial charge on any atom is 0.251 e. The molecule has 250 valence electrons. The Kier molecular flexibility index (Phi) is 9.68. The summed E-state index contributed by atoms with van der Waals surface area (Å²) in [5.41, 5.74) is 4.41. The summed E-state index contributed by atoms with van der Waals surface area (Å²) in [5, 5.41) is 10.8. The van der Waals surface area contributed by atoms with Gasteiger partial charge in [0.25, 0.3) is 5.91 Å². The van der Waals surface area contributed by atoms with Gasteiger partial charge < -0.3 is 19.8 Å². The Morgan fingerprint density at radius 2 is 1.54 bits per heavy atom. The first-order valence-corrected chi connectivity index (χ1v) is 17.7. The van der Waals surface area contributed by atoms with Crippen molar-refractivity contribution in [1.29, 1.82) is 0 Å². The van der Waals surface area contributed by atoms with Crippen LogP contribution in [0.4, 0.5) is 11.4 Å². The van der Waals surface area contributed by atoms with Crippen LogP contribution in [-0.4, -0.2) is 69.5 Å². The Balaban J connectivity index is 1.50. The molecule has 3 aliphatic heterocycles. The second-order valence-corrected chi connectivity index (χ2v) is 14.9. The van der Waals surface area contributed by atoms with E-state index in [-0.39, 0.29) is 42.0 Å². The summed E-state index contributed by atoms with van der Waals surface area (Å²) in [6.45, 7) is 14.3. The molecule has 3 aromatic rings. The zero-order valence-corrected chi connectivity index (χ0v) is 28.8. The van der Waals surface area contributed by atoms with Crippen molar-refractivity contribution in [3.8, 4) is 0 Å². The van der Waals surface area contributed by atoms with Gasteiger partial charge in [-0.25, -0.2) is 0 Å². The summed E-state index contributed by atoms with van der Waals surface area (Å²) in [6, 6.07) is 23.6. The first-order chi connectivity index (χ1) is 23.2. The van der Waals surface area contributed by atoms with Crippen LogP contribution in [-0.2, 0) is 20.8 Å². The van der Waals surface area contributed by atoms with Crippen molar-refractivity contribution in [2.45, 2.75) is 55.7 Å². The lowest BCUT2D eigenvalue weighted by Crippen LogP contribution is -2.60. The van der Waals surface area contributed by atoms with Crippen LogP contribution in [0, 0.1) is 31.6 Å². The highest BCUT2D eigenvalue weighted by molar-refractivity contribution is 8.02. The molecule has 3 fully saturated rings. The van der Waals surface area contributed by atoms with Crippen LogP contribution >= 0.6 is 11.8 Å². The monoisotopic (exact) mass is 663 g/mol. The van der Waals surface area contributed by atoms with Crippen LogP contribution < -0.4 is 9.80 Å². The van der Waals surface area contributed by atoms with Gasteiger partial charge in [0.1, 0.15) is 6.04 Å². The van der Waals surface area contributed by atoms with Crippen LogP contribution in [0.2, 0.25) is 0 Å². The number of hydrogen-bond acceptors (Lipinski definition) is 5. The SMILES string of the molecule is C=CCN(C(=O)[C@@H]1[C@H]2C(=O)N([C@@H](CO)Cc3ccccc3)C(C(=O)N(CC=C)c3c(C)cccc3C)C23S[C@@H]1CC3C)c1ccccc1. The van der Waals surface area contributed by atoms with E-state index < -0.39 is 28.7 Å². The molecular weight excluding hydrogens is 619 g/mol. The van der Waals surface area contributed by atoms with Gasteiger partial charge in [0, 0.05) is 29.7 Å². The Morgan fingerprint density at radius 3 is 2.15 bits per heavy atom. The third kappa shape index (κ3) is 5.49. The summed E-state index contributed by atoms with van der Waals surface area (Å²) >= 11 is 1.65. The molecule has 1 N–H and O–H groups in total. The molecule has 8 heteroatoms. The zero-order chi connectivity index (χ0) is 34.2. The van der Waals surface area contributed by atoms with Gasteiger partial charge in [-0.3, -0.25) is 14.4 Å². The first-order valence-electron chi connectivity index (χ1n) is 16.8. The average molecular weight is 664 g/mol. The molecular formula is C40H45N3O4S. The van der Waals surface area contributed by atoms with E-state index in [4.69, 9.17) is 0 Å². The maximum atomic E-state index is 15.4. The number of aliphatic hydroxyl groups is 1. The molecule has 0 aromatic heterocycles. The van der Waals surface area contributed by atoms with Crippen LogP contribution in [0.25, 0.3) is 0 Å². The van der Waals surface area contributed by atoms with E-state index >= 15 is 9.59 Å². The predicted molar refractivity (Wildman–Crippen MR) is 194 cm³/mol. The number of para-hydroxylation sites is 2. The molecule has 3 aromatic carbocycles. The Morgan fingerprint density at radius 1 is 0.938 bits per heavy atom. The number of aliphatic hydroxyl groups excluding tert-OH is 1. The number of anilines is 2. The lowest BCUT2D eigenvalue weighted by molar-refractivity contribution is -0.141. The average Bonchev–Trinajstić information content (AvgIpc) is 3.69. The first kappa shape index (κ1) is 33.7. The molecule has 3 saturated heterocycles. The topological polar surface area (TPSA) is 81.2 Å². The number of thioether (sulfide) groups is 1. The molecule has 0 aliphatic carbocycles. The Labute approximate surface area is 288 Å². The summed E-state index contributed by atoms with van der Waals surface area (Å²) in [6.07, 6.45) is 4.52. The van der Waals surface area contributed by atoms with Crippen molar-refractivity contribution in [2.24, 2.45) is 17.8 Å². The molecule has 0 saturated carbocycles. The van der Waals surface area contributed by atoms with E-state index in [1.165, 1.54) is 0 Å². The van der Waals surface area contributed by atoms with E-state index in [9.17, 15) is 9.90 Å². The van der Waals surface area contributed by atoms with Crippen LogP contribution in [0.1, 0.15) is 30.0 Å². The molecule has 3 heterocycles. The number of nitrogens with zero attached hydrogens (tertiary/aromatic N) is 3. The van der Waals surface area contributed by atoms with Crippen molar-refractivity contribution < 1.29 is 19.5 Å². The van der Waals surface area contributed by atoms with Crippen molar-refractivity contribution in [2.75, 3.05) is 29.5 Å². The number of amides is 3. The number of fused-ring (bicyclic) bond motifs is 1. The van der Waals surface area contributed by atoms with E-state index in [1.807, 2.05) is 92.7 Å². The molecule has 3 unspecified atom stereocenters. The lowest BCUT2D eigenvalue weighted by Gasteiger charge is -2.42. The maximum absolute atomic E-state index is 15.4. The Bertz CT molecular complexity index is 1680. The number of carbonyl (C=O) groups excluding carboxylic acids is 3. The molecule has 7 atom stereocenters. The highest BCUT2D eigenvalue weighted by atomic mass is 32.2. The van der Waals surface area contributed by atoms with Gasteiger partial charge in [-0.05, 0) is 61.4 Å². The standard InChI is InChI=1S/C40H45N3O4S/c1-6-21-41(30-19-12-9-13-20-30)37(45)33-32-23-28(5)40(48-32)34(33)38(46)43(31(25-44)24-29-17-10-8-11-18-29)36(40)39(47)42(22-7-2)35-26(3)15-14-16-27(35)4/h6-20,28,31-34,36,44H,1-2,21-25H2,3-5H3/t28?,31-,32-,33+,34+,36?,40?/m1/s1. The van der Waals surface area contributed by atoms with Gasteiger partial charge in [-0.1, -0.05) is 85.8 Å². The normalized spacial score (nSPS) is 26.2. The second-order valence-electron chi connectivity index (χ2n) is 13.4. The van der Waals surface area contributed by atoms with Gasteiger partial charge in [0.15, 0.2) is 0 Å². The number of aryl methyl sites for hydroxylation is 2. The van der Waals surface area contributed by atoms with Crippen LogP contribution in [0.5, 0.6) is 0 Å². The zero-order valence-electron chi connectivity index (χ0n) is 28.0. The Hall–Kier alpha value is -4.14. The molecule has 1 spiro atoms. The summed E-state index contributed by atoms with van der Waals surface area (Å²) < 4.78 is -0.851. The van der Waals surface area contributed by atoms with Crippen LogP contribution in [0.15, 0.2) is 104 Å². The quantitative estimate of drug-likeness (QED) is 0.241. The predicted octanol–water partition coefficient (Wildman–Crippen LogP) is 5.98. The van der Waals surface area contributed by atoms with Gasteiger partial charge >= 0.3 is 0 Å². The van der Waals surface area contributed by atoms with Crippen molar-refractivity contribution in [3.05, 3.63) is 121 Å². The lowest BCUT2D eigenvalue weighted by atomic mass is 9.65. The molecule has 48 heavy (non-hydrogen) atoms. The number of carbonyl (C=O) groups is 3. The van der Waals surface area contributed by atoms with Gasteiger partial charge in [-0.15, -0.1) is 24.9 Å². The van der Waals surface area contributed by atoms with E-state index in [0.29, 0.717) is 19.4 Å². The number of likely N-dealkylation sites (tertiary alicyclic amines) is 1. The van der Waals surface area contributed by atoms with Gasteiger partial charge in [0.2, 0.25) is 11.8 Å². The fourth-order valence-electron chi connectivity index (χ4n) is 8.59. The molecule has 3 aliphatic rings. The molecule has 2 bridgehead atoms. The molecule has 3 amide bonds. The van der Waals surface area contributed by atoms with E-state index in [2.05, 4.69) is 20.1 Å². The van der Waals surface area contributed by atoms with E-state index in [1.54, 1.807) is 38.6 Å². The minimum Gasteiger partial charge on any atom is -0.394 e. The minimum atomic E-state index is -0.887. The number of hydrogen-bond donors (Lipinski definition) is 1. The number of rotatable bonds is 12. The fraction of sp³-hybridized carbons (Fsp3) is 0.375. The third-order valence-corrected chi connectivity index (χ3v) is 12.6. The molecule has 0 radical (unpaired) electrons. The minimum absolute atomic E-state index is 0.0198. The highest BCUT2D eigenvalue weighted by Gasteiger charge is 2.77. The third-order valence-electron chi connectivity index (χ3n) is 10.6. The van der Waals surface area contributed by atoms with Crippen molar-refractivity contribution in [1.82, 2.24) is 4.90 Å². The van der Waals surface area contributed by atoms with E-state index in [0.717, 1.165) is 28.1 Å². The second kappa shape index (κ2) is 13.8. The van der Waals surface area contributed by atoms with Crippen molar-refractivity contribution >= 4 is 40.9 Å². The van der Waals surface area contributed by atoms with Gasteiger partial charge in [-0.2, -0.15) is 0 Å². The largest absolute Gasteiger partial charge is 0.394 e. The number of benzene rings is 3. The summed E-state index contributed by atoms with van der Waals surface area (Å²) in [4.78, 5) is 50.4.